The van der Waals surface area contributed by atoms with Crippen LogP contribution in [0.5, 0.6) is 5.75 Å². The topological polar surface area (TPSA) is 87.8 Å². The van der Waals surface area contributed by atoms with E-state index in [2.05, 4.69) is 0 Å². The van der Waals surface area contributed by atoms with Gasteiger partial charge >= 0.3 is 0 Å². The zero-order valence-electron chi connectivity index (χ0n) is 11.5. The number of ether oxygens (including phenoxy) is 3. The lowest BCUT2D eigenvalue weighted by atomic mass is 10.3. The molecule has 0 aliphatic heterocycles. The van der Waals surface area contributed by atoms with E-state index >= 15 is 0 Å². The molecule has 0 unspecified atom stereocenters. The predicted molar refractivity (Wildman–Crippen MR) is 80.6 cm³/mol. The van der Waals surface area contributed by atoms with Gasteiger partial charge in [0.2, 0.25) is 10.0 Å². The van der Waals surface area contributed by atoms with Crippen molar-refractivity contribution in [3.05, 3.63) is 22.2 Å². The summed E-state index contributed by atoms with van der Waals surface area (Å²) in [6.45, 7) is 1.78. The summed E-state index contributed by atoms with van der Waals surface area (Å²) >= 11 is 11.9. The molecule has 1 rings (SSSR count). The van der Waals surface area contributed by atoms with Crippen LogP contribution in [-0.4, -0.2) is 42.0 Å². The third kappa shape index (κ3) is 6.37. The standard InChI is InChI=1S/C12H17Cl2NO5S/c1-18-3-2-4-19-5-6-20-12-10(13)7-9(8-11(12)14)21(15,16)17/h7-8H,2-6H2,1H3,(H2,15,16,17). The van der Waals surface area contributed by atoms with Crippen LogP contribution >= 0.6 is 23.2 Å². The van der Waals surface area contributed by atoms with Crippen molar-refractivity contribution in [2.45, 2.75) is 11.3 Å². The van der Waals surface area contributed by atoms with Crippen LogP contribution in [-0.2, 0) is 19.5 Å². The molecule has 1 aromatic rings. The Kier molecular flexibility index (Phi) is 7.72. The molecule has 0 spiro atoms. The number of hydrogen-bond donors (Lipinski definition) is 1. The molecule has 0 fully saturated rings. The van der Waals surface area contributed by atoms with Gasteiger partial charge in [-0.05, 0) is 18.6 Å². The second-order valence-electron chi connectivity index (χ2n) is 4.07. The minimum atomic E-state index is -3.86. The van der Waals surface area contributed by atoms with E-state index in [9.17, 15) is 8.42 Å². The molecule has 0 saturated carbocycles. The maximum atomic E-state index is 11.2. The van der Waals surface area contributed by atoms with Gasteiger partial charge in [0.25, 0.3) is 0 Å². The Hall–Kier alpha value is -0.570. The highest BCUT2D eigenvalue weighted by atomic mass is 35.5. The van der Waals surface area contributed by atoms with Crippen molar-refractivity contribution in [3.8, 4) is 5.75 Å². The van der Waals surface area contributed by atoms with Crippen LogP contribution in [0.25, 0.3) is 0 Å². The molecule has 1 aromatic carbocycles. The fourth-order valence-corrected chi connectivity index (χ4v) is 2.74. The number of methoxy groups -OCH3 is 1. The van der Waals surface area contributed by atoms with Gasteiger partial charge in [-0.15, -0.1) is 0 Å². The minimum Gasteiger partial charge on any atom is -0.488 e. The fraction of sp³-hybridized carbons (Fsp3) is 0.500. The molecule has 6 nitrogen and oxygen atoms in total. The highest BCUT2D eigenvalue weighted by Crippen LogP contribution is 2.35. The fourth-order valence-electron chi connectivity index (χ4n) is 1.45. The molecule has 0 aliphatic rings. The number of nitrogens with two attached hydrogens (primary N) is 1. The van der Waals surface area contributed by atoms with Crippen molar-refractivity contribution >= 4 is 33.2 Å². The van der Waals surface area contributed by atoms with Crippen molar-refractivity contribution in [2.24, 2.45) is 5.14 Å². The Morgan fingerprint density at radius 1 is 1.10 bits per heavy atom. The zero-order chi connectivity index (χ0) is 15.9. The first-order chi connectivity index (χ1) is 9.86. The quantitative estimate of drug-likeness (QED) is 0.683. The molecule has 0 bridgehead atoms. The monoisotopic (exact) mass is 357 g/mol. The van der Waals surface area contributed by atoms with Crippen molar-refractivity contribution in [3.63, 3.8) is 0 Å². The Bertz CT molecular complexity index is 542. The summed E-state index contributed by atoms with van der Waals surface area (Å²) in [5.74, 6) is 0.200. The molecule has 0 saturated heterocycles. The average molecular weight is 358 g/mol. The number of hydrogen-bond acceptors (Lipinski definition) is 5. The van der Waals surface area contributed by atoms with Crippen LogP contribution in [0, 0.1) is 0 Å². The lowest BCUT2D eigenvalue weighted by molar-refractivity contribution is 0.0807. The van der Waals surface area contributed by atoms with Gasteiger partial charge < -0.3 is 14.2 Å². The predicted octanol–water partition coefficient (Wildman–Crippen LogP) is 2.07. The Balaban J connectivity index is 2.53. The second kappa shape index (κ2) is 8.77. The molecule has 0 aliphatic carbocycles. The molecule has 2 N–H and O–H groups in total. The summed E-state index contributed by atoms with van der Waals surface area (Å²) in [5, 5.41) is 5.16. The maximum Gasteiger partial charge on any atom is 0.238 e. The largest absolute Gasteiger partial charge is 0.488 e. The third-order valence-electron chi connectivity index (χ3n) is 2.41. The number of rotatable bonds is 9. The average Bonchev–Trinajstić information content (AvgIpc) is 2.39. The molecule has 21 heavy (non-hydrogen) atoms. The summed E-state index contributed by atoms with van der Waals surface area (Å²) in [7, 11) is -2.24. The first-order valence-corrected chi connectivity index (χ1v) is 8.38. The van der Waals surface area contributed by atoms with Gasteiger partial charge in [-0.25, -0.2) is 13.6 Å². The van der Waals surface area contributed by atoms with E-state index in [1.54, 1.807) is 7.11 Å². The number of sulfonamides is 1. The van der Waals surface area contributed by atoms with Crippen molar-refractivity contribution < 1.29 is 22.6 Å². The Morgan fingerprint density at radius 3 is 2.24 bits per heavy atom. The van der Waals surface area contributed by atoms with Crippen LogP contribution in [0.4, 0.5) is 0 Å². The lowest BCUT2D eigenvalue weighted by Gasteiger charge is -2.11. The van der Waals surface area contributed by atoms with Crippen molar-refractivity contribution in [2.75, 3.05) is 33.5 Å². The molecular formula is C12H17Cl2NO5S. The smallest absolute Gasteiger partial charge is 0.238 e. The molecule has 0 heterocycles. The van der Waals surface area contributed by atoms with Crippen LogP contribution in [0.1, 0.15) is 6.42 Å². The van der Waals surface area contributed by atoms with E-state index in [1.165, 1.54) is 12.1 Å². The molecule has 9 heteroatoms. The van der Waals surface area contributed by atoms with Gasteiger partial charge in [0.1, 0.15) is 6.61 Å². The van der Waals surface area contributed by atoms with Gasteiger partial charge in [-0.2, -0.15) is 0 Å². The highest BCUT2D eigenvalue weighted by Gasteiger charge is 2.15. The van der Waals surface area contributed by atoms with Gasteiger partial charge in [0, 0.05) is 20.3 Å². The van der Waals surface area contributed by atoms with Crippen LogP contribution in [0.2, 0.25) is 10.0 Å². The van der Waals surface area contributed by atoms with E-state index < -0.39 is 10.0 Å². The van der Waals surface area contributed by atoms with Crippen LogP contribution < -0.4 is 9.88 Å². The van der Waals surface area contributed by atoms with Gasteiger partial charge in [0.15, 0.2) is 5.75 Å². The van der Waals surface area contributed by atoms with Crippen LogP contribution in [0.15, 0.2) is 17.0 Å². The number of halogens is 2. The molecule has 120 valence electrons. The van der Waals surface area contributed by atoms with Crippen molar-refractivity contribution in [1.82, 2.24) is 0 Å². The first kappa shape index (κ1) is 18.5. The summed E-state index contributed by atoms with van der Waals surface area (Å²) in [6, 6.07) is 2.38. The molecule has 0 radical (unpaired) electrons. The minimum absolute atomic E-state index is 0.0749. The SMILES string of the molecule is COCCCOCCOc1c(Cl)cc(S(N)(=O)=O)cc1Cl. The molecule has 0 amide bonds. The Labute approximate surface area is 134 Å². The number of primary sulfonamides is 1. The van der Waals surface area contributed by atoms with Crippen LogP contribution in [0.3, 0.4) is 0 Å². The Morgan fingerprint density at radius 2 is 1.71 bits per heavy atom. The zero-order valence-corrected chi connectivity index (χ0v) is 13.8. The van der Waals surface area contributed by atoms with Gasteiger partial charge in [-0.3, -0.25) is 0 Å². The van der Waals surface area contributed by atoms with Crippen molar-refractivity contribution in [1.29, 1.82) is 0 Å². The van der Waals surface area contributed by atoms with Gasteiger partial charge in [-0.1, -0.05) is 23.2 Å². The first-order valence-electron chi connectivity index (χ1n) is 6.07. The maximum absolute atomic E-state index is 11.2. The summed E-state index contributed by atoms with van der Waals surface area (Å²) < 4.78 is 38.0. The highest BCUT2D eigenvalue weighted by molar-refractivity contribution is 7.89. The molecular weight excluding hydrogens is 341 g/mol. The van der Waals surface area contributed by atoms with E-state index in [0.717, 1.165) is 6.42 Å². The second-order valence-corrected chi connectivity index (χ2v) is 6.44. The van der Waals surface area contributed by atoms with Gasteiger partial charge in [0.05, 0.1) is 21.5 Å². The lowest BCUT2D eigenvalue weighted by Crippen LogP contribution is -2.13. The van der Waals surface area contributed by atoms with E-state index in [1.807, 2.05) is 0 Å². The number of benzene rings is 1. The normalized spacial score (nSPS) is 11.6. The van der Waals surface area contributed by atoms with E-state index in [0.29, 0.717) is 19.8 Å². The molecule has 0 aromatic heterocycles. The summed E-state index contributed by atoms with van der Waals surface area (Å²) in [6.07, 6.45) is 0.793. The summed E-state index contributed by atoms with van der Waals surface area (Å²) in [4.78, 5) is -0.166. The molecule has 0 atom stereocenters. The van der Waals surface area contributed by atoms with E-state index in [-0.39, 0.29) is 27.3 Å². The summed E-state index contributed by atoms with van der Waals surface area (Å²) in [5.41, 5.74) is 0. The third-order valence-corrected chi connectivity index (χ3v) is 3.87. The van der Waals surface area contributed by atoms with E-state index in [4.69, 9.17) is 42.6 Å².